The minimum Gasteiger partial charge on any atom is -0.381 e. The van der Waals surface area contributed by atoms with Crippen molar-refractivity contribution >= 4 is 11.6 Å². The number of carbonyl (C=O) groups is 1. The highest BCUT2D eigenvalue weighted by molar-refractivity contribution is 5.94. The summed E-state index contributed by atoms with van der Waals surface area (Å²) in [6.45, 7) is 0.686. The zero-order chi connectivity index (χ0) is 13.0. The van der Waals surface area contributed by atoms with Gasteiger partial charge in [0.2, 0.25) is 0 Å². The molecule has 1 aromatic heterocycles. The third-order valence-corrected chi connectivity index (χ3v) is 2.61. The third kappa shape index (κ3) is 2.88. The molecule has 0 aliphatic heterocycles. The number of hydrogen-bond acceptors (Lipinski definition) is 3. The molecule has 0 aliphatic rings. The summed E-state index contributed by atoms with van der Waals surface area (Å²) in [7, 11) is 3.51. The summed E-state index contributed by atoms with van der Waals surface area (Å²) >= 11 is 0. The molecule has 1 amide bonds. The number of amides is 1. The summed E-state index contributed by atoms with van der Waals surface area (Å²) in [5.74, 6) is -0.0833. The summed E-state index contributed by atoms with van der Waals surface area (Å²) in [5.41, 5.74) is 2.66. The number of benzene rings is 1. The summed E-state index contributed by atoms with van der Waals surface area (Å²) in [6, 6.07) is 7.41. The fraction of sp³-hybridized carbons (Fsp3) is 0.231. The lowest BCUT2D eigenvalue weighted by Crippen LogP contribution is -2.17. The first-order valence-corrected chi connectivity index (χ1v) is 5.72. The van der Waals surface area contributed by atoms with Gasteiger partial charge in [0, 0.05) is 43.7 Å². The van der Waals surface area contributed by atoms with Crippen molar-refractivity contribution in [3.63, 3.8) is 0 Å². The average molecular weight is 244 g/mol. The smallest absolute Gasteiger partial charge is 0.251 e. The van der Waals surface area contributed by atoms with E-state index in [0.29, 0.717) is 12.1 Å². The third-order valence-electron chi connectivity index (χ3n) is 2.61. The molecule has 0 saturated heterocycles. The number of nitrogens with one attached hydrogen (secondary N) is 2. The molecular formula is C13H16N4O. The minimum atomic E-state index is -0.0833. The zero-order valence-electron chi connectivity index (χ0n) is 10.5. The van der Waals surface area contributed by atoms with Gasteiger partial charge in [-0.15, -0.1) is 0 Å². The molecule has 0 atom stereocenters. The summed E-state index contributed by atoms with van der Waals surface area (Å²) in [6.07, 6.45) is 3.77. The molecule has 94 valence electrons. The lowest BCUT2D eigenvalue weighted by atomic mass is 10.2. The highest BCUT2D eigenvalue weighted by atomic mass is 16.1. The van der Waals surface area contributed by atoms with Crippen LogP contribution in [-0.2, 0) is 13.6 Å². The Balaban J connectivity index is 2.03. The summed E-state index contributed by atoms with van der Waals surface area (Å²) in [4.78, 5) is 11.5. The molecule has 2 aromatic rings. The largest absolute Gasteiger partial charge is 0.381 e. The SMILES string of the molecule is CNC(=O)c1cccc(NCc2cnn(C)c2)c1. The van der Waals surface area contributed by atoms with Gasteiger partial charge < -0.3 is 10.6 Å². The monoisotopic (exact) mass is 244 g/mol. The average Bonchev–Trinajstić information content (AvgIpc) is 2.81. The lowest BCUT2D eigenvalue weighted by molar-refractivity contribution is 0.0963. The Hall–Kier alpha value is -2.30. The zero-order valence-corrected chi connectivity index (χ0v) is 10.5. The normalized spacial score (nSPS) is 10.1. The van der Waals surface area contributed by atoms with Crippen molar-refractivity contribution in [2.24, 2.45) is 7.05 Å². The molecule has 5 nitrogen and oxygen atoms in total. The highest BCUT2D eigenvalue weighted by Crippen LogP contribution is 2.12. The second-order valence-electron chi connectivity index (χ2n) is 4.04. The van der Waals surface area contributed by atoms with Crippen LogP contribution >= 0.6 is 0 Å². The predicted octanol–water partition coefficient (Wildman–Crippen LogP) is 1.39. The lowest BCUT2D eigenvalue weighted by Gasteiger charge is -2.06. The van der Waals surface area contributed by atoms with Crippen molar-refractivity contribution in [1.82, 2.24) is 15.1 Å². The molecule has 5 heteroatoms. The minimum absolute atomic E-state index is 0.0833. The summed E-state index contributed by atoms with van der Waals surface area (Å²) in [5, 5.41) is 9.97. The molecule has 1 heterocycles. The fourth-order valence-electron chi connectivity index (χ4n) is 1.68. The molecule has 18 heavy (non-hydrogen) atoms. The van der Waals surface area contributed by atoms with Gasteiger partial charge in [-0.2, -0.15) is 5.10 Å². The molecular weight excluding hydrogens is 228 g/mol. The standard InChI is InChI=1S/C13H16N4O/c1-14-13(18)11-4-3-5-12(6-11)15-7-10-8-16-17(2)9-10/h3-6,8-9,15H,7H2,1-2H3,(H,14,18). The number of rotatable bonds is 4. The van der Waals surface area contributed by atoms with Crippen molar-refractivity contribution < 1.29 is 4.79 Å². The number of nitrogens with zero attached hydrogens (tertiary/aromatic N) is 2. The van der Waals surface area contributed by atoms with E-state index < -0.39 is 0 Å². The fourth-order valence-corrected chi connectivity index (χ4v) is 1.68. The van der Waals surface area contributed by atoms with Crippen LogP contribution in [0.25, 0.3) is 0 Å². The van der Waals surface area contributed by atoms with Crippen LogP contribution in [0, 0.1) is 0 Å². The van der Waals surface area contributed by atoms with E-state index in [0.717, 1.165) is 11.3 Å². The summed E-state index contributed by atoms with van der Waals surface area (Å²) < 4.78 is 1.76. The predicted molar refractivity (Wildman–Crippen MR) is 70.4 cm³/mol. The molecule has 0 aliphatic carbocycles. The maximum Gasteiger partial charge on any atom is 0.251 e. The van der Waals surface area contributed by atoms with Crippen LogP contribution in [-0.4, -0.2) is 22.7 Å². The Bertz CT molecular complexity index is 547. The topological polar surface area (TPSA) is 59.0 Å². The van der Waals surface area contributed by atoms with Gasteiger partial charge in [-0.25, -0.2) is 0 Å². The Labute approximate surface area is 106 Å². The van der Waals surface area contributed by atoms with Crippen LogP contribution in [0.3, 0.4) is 0 Å². The van der Waals surface area contributed by atoms with Crippen LogP contribution in [0.2, 0.25) is 0 Å². The van der Waals surface area contributed by atoms with E-state index >= 15 is 0 Å². The first-order valence-electron chi connectivity index (χ1n) is 5.72. The van der Waals surface area contributed by atoms with Gasteiger partial charge in [-0.3, -0.25) is 9.48 Å². The van der Waals surface area contributed by atoms with E-state index in [1.54, 1.807) is 17.8 Å². The van der Waals surface area contributed by atoms with Crippen LogP contribution in [0.4, 0.5) is 5.69 Å². The van der Waals surface area contributed by atoms with Gasteiger partial charge in [0.1, 0.15) is 0 Å². The Kier molecular flexibility index (Phi) is 3.62. The van der Waals surface area contributed by atoms with Gasteiger partial charge in [0.05, 0.1) is 6.20 Å². The molecule has 0 radical (unpaired) electrons. The number of aryl methyl sites for hydroxylation is 1. The van der Waals surface area contributed by atoms with Crippen molar-refractivity contribution in [1.29, 1.82) is 0 Å². The van der Waals surface area contributed by atoms with Crippen molar-refractivity contribution in [2.75, 3.05) is 12.4 Å². The second-order valence-corrected chi connectivity index (χ2v) is 4.04. The van der Waals surface area contributed by atoms with E-state index in [9.17, 15) is 4.79 Å². The van der Waals surface area contributed by atoms with Crippen molar-refractivity contribution in [2.45, 2.75) is 6.54 Å². The molecule has 2 N–H and O–H groups in total. The van der Waals surface area contributed by atoms with Crippen LogP contribution in [0.5, 0.6) is 0 Å². The van der Waals surface area contributed by atoms with Gasteiger partial charge >= 0.3 is 0 Å². The van der Waals surface area contributed by atoms with Crippen molar-refractivity contribution in [3.05, 3.63) is 47.8 Å². The van der Waals surface area contributed by atoms with E-state index in [-0.39, 0.29) is 5.91 Å². The first kappa shape index (κ1) is 12.2. The van der Waals surface area contributed by atoms with Gasteiger partial charge in [-0.1, -0.05) is 6.07 Å². The van der Waals surface area contributed by atoms with Crippen LogP contribution in [0.15, 0.2) is 36.7 Å². The quantitative estimate of drug-likeness (QED) is 0.854. The highest BCUT2D eigenvalue weighted by Gasteiger charge is 2.03. The first-order chi connectivity index (χ1) is 8.69. The van der Waals surface area contributed by atoms with Crippen LogP contribution in [0.1, 0.15) is 15.9 Å². The Morgan fingerprint density at radius 2 is 2.28 bits per heavy atom. The van der Waals surface area contributed by atoms with E-state index in [1.807, 2.05) is 37.6 Å². The number of aromatic nitrogens is 2. The maximum atomic E-state index is 11.5. The van der Waals surface area contributed by atoms with E-state index in [4.69, 9.17) is 0 Å². The molecule has 0 fully saturated rings. The molecule has 1 aromatic carbocycles. The Morgan fingerprint density at radius 1 is 1.44 bits per heavy atom. The van der Waals surface area contributed by atoms with E-state index in [1.165, 1.54) is 0 Å². The number of anilines is 1. The van der Waals surface area contributed by atoms with Crippen LogP contribution < -0.4 is 10.6 Å². The molecule has 0 spiro atoms. The van der Waals surface area contributed by atoms with Gasteiger partial charge in [0.25, 0.3) is 5.91 Å². The number of carbonyl (C=O) groups excluding carboxylic acids is 1. The second kappa shape index (κ2) is 5.35. The Morgan fingerprint density at radius 3 is 2.94 bits per heavy atom. The van der Waals surface area contributed by atoms with Gasteiger partial charge in [-0.05, 0) is 18.2 Å². The molecule has 2 rings (SSSR count). The molecule has 0 saturated carbocycles. The maximum absolute atomic E-state index is 11.5. The van der Waals surface area contributed by atoms with Crippen molar-refractivity contribution in [3.8, 4) is 0 Å². The van der Waals surface area contributed by atoms with Gasteiger partial charge in [0.15, 0.2) is 0 Å². The molecule has 0 bridgehead atoms. The van der Waals surface area contributed by atoms with E-state index in [2.05, 4.69) is 15.7 Å². The molecule has 0 unspecified atom stereocenters. The number of hydrogen-bond donors (Lipinski definition) is 2.